The number of methoxy groups -OCH3 is 1. The standard InChI is InChI=1S/C27H37NO7Si/c1-17(35-36(7,8)27(3,4)5)24-23-15-21(34-18(2)29)13-14-22(28(23)25(24)30)26(31)33-16-19-9-11-20(32-6)12-10-19/h9-14,17,23-24H,15-16H2,1-8H3/t17-,23-,24-/m1/s1. The number of hydrogen-bond acceptors (Lipinski definition) is 7. The van der Waals surface area contributed by atoms with Crippen molar-refractivity contribution >= 4 is 26.2 Å². The summed E-state index contributed by atoms with van der Waals surface area (Å²) in [4.78, 5) is 39.6. The van der Waals surface area contributed by atoms with Crippen LogP contribution in [0.2, 0.25) is 18.1 Å². The van der Waals surface area contributed by atoms with Crippen molar-refractivity contribution in [2.45, 2.75) is 77.9 Å². The van der Waals surface area contributed by atoms with Crippen molar-refractivity contribution in [2.75, 3.05) is 7.11 Å². The minimum atomic E-state index is -2.14. The highest BCUT2D eigenvalue weighted by Gasteiger charge is 2.55. The second-order valence-electron chi connectivity index (χ2n) is 10.8. The van der Waals surface area contributed by atoms with Gasteiger partial charge in [0.25, 0.3) is 0 Å². The number of fused-ring (bicyclic) bond motifs is 1. The third-order valence-electron chi connectivity index (χ3n) is 7.17. The van der Waals surface area contributed by atoms with Crippen molar-refractivity contribution < 1.29 is 33.0 Å². The Hall–Kier alpha value is -2.91. The van der Waals surface area contributed by atoms with E-state index >= 15 is 0 Å². The zero-order valence-corrected chi connectivity index (χ0v) is 23.4. The number of ether oxygens (including phenoxy) is 3. The molecule has 0 aliphatic carbocycles. The topological polar surface area (TPSA) is 91.4 Å². The van der Waals surface area contributed by atoms with Gasteiger partial charge in [-0.25, -0.2) is 4.79 Å². The van der Waals surface area contributed by atoms with Crippen LogP contribution in [0.15, 0.2) is 47.9 Å². The van der Waals surface area contributed by atoms with Crippen LogP contribution in [0.3, 0.4) is 0 Å². The second-order valence-corrected chi connectivity index (χ2v) is 15.5. The molecule has 1 aromatic rings. The lowest BCUT2D eigenvalue weighted by atomic mass is 9.81. The molecular weight excluding hydrogens is 478 g/mol. The number of nitrogens with zero attached hydrogens (tertiary/aromatic N) is 1. The second kappa shape index (κ2) is 10.6. The quantitative estimate of drug-likeness (QED) is 0.281. The molecule has 3 atom stereocenters. The van der Waals surface area contributed by atoms with Gasteiger partial charge < -0.3 is 23.5 Å². The number of rotatable bonds is 8. The van der Waals surface area contributed by atoms with E-state index in [0.29, 0.717) is 17.9 Å². The summed E-state index contributed by atoms with van der Waals surface area (Å²) >= 11 is 0. The third kappa shape index (κ3) is 5.90. The van der Waals surface area contributed by atoms with E-state index in [1.807, 2.05) is 6.92 Å². The predicted octanol–water partition coefficient (Wildman–Crippen LogP) is 4.71. The lowest BCUT2D eigenvalue weighted by Crippen LogP contribution is -2.65. The van der Waals surface area contributed by atoms with Gasteiger partial charge in [-0.2, -0.15) is 0 Å². The molecule has 2 aliphatic heterocycles. The summed E-state index contributed by atoms with van der Waals surface area (Å²) in [6, 6.07) is 6.79. The molecule has 1 aromatic carbocycles. The molecule has 0 saturated carbocycles. The summed E-state index contributed by atoms with van der Waals surface area (Å²) in [6.45, 7) is 14.0. The molecule has 0 N–H and O–H groups in total. The molecule has 0 spiro atoms. The van der Waals surface area contributed by atoms with Crippen molar-refractivity contribution in [3.8, 4) is 5.75 Å². The Kier molecular flexibility index (Phi) is 8.15. The number of allylic oxidation sites excluding steroid dienone is 2. The van der Waals surface area contributed by atoms with Crippen LogP contribution in [0.1, 0.15) is 46.6 Å². The molecule has 196 valence electrons. The average molecular weight is 516 g/mol. The number of benzene rings is 1. The van der Waals surface area contributed by atoms with Gasteiger partial charge >= 0.3 is 11.9 Å². The van der Waals surface area contributed by atoms with Gasteiger partial charge in [0.1, 0.15) is 23.8 Å². The number of hydrogen-bond donors (Lipinski definition) is 0. The first-order valence-corrected chi connectivity index (χ1v) is 15.1. The van der Waals surface area contributed by atoms with E-state index in [4.69, 9.17) is 18.6 Å². The van der Waals surface area contributed by atoms with Crippen LogP contribution in [0.5, 0.6) is 5.75 Å². The van der Waals surface area contributed by atoms with E-state index < -0.39 is 26.2 Å². The van der Waals surface area contributed by atoms with Crippen molar-refractivity contribution in [2.24, 2.45) is 5.92 Å². The van der Waals surface area contributed by atoms with Crippen molar-refractivity contribution in [1.82, 2.24) is 4.90 Å². The molecule has 2 aliphatic rings. The van der Waals surface area contributed by atoms with E-state index in [1.165, 1.54) is 17.9 Å². The largest absolute Gasteiger partial charge is 0.497 e. The monoisotopic (exact) mass is 515 g/mol. The molecule has 0 bridgehead atoms. The lowest BCUT2D eigenvalue weighted by molar-refractivity contribution is -0.164. The summed E-state index contributed by atoms with van der Waals surface area (Å²) in [5.41, 5.74) is 0.909. The van der Waals surface area contributed by atoms with Crippen LogP contribution in [-0.4, -0.2) is 50.3 Å². The summed E-state index contributed by atoms with van der Waals surface area (Å²) in [5.74, 6) is -0.646. The molecule has 0 radical (unpaired) electrons. The Morgan fingerprint density at radius 2 is 1.78 bits per heavy atom. The Bertz CT molecular complexity index is 1070. The molecule has 3 rings (SSSR count). The number of amides is 1. The van der Waals surface area contributed by atoms with Gasteiger partial charge in [-0.3, -0.25) is 9.59 Å². The minimum Gasteiger partial charge on any atom is -0.497 e. The zero-order valence-electron chi connectivity index (χ0n) is 22.4. The number of β-lactam (4-membered cyclic amide) rings is 1. The van der Waals surface area contributed by atoms with Crippen LogP contribution < -0.4 is 4.74 Å². The average Bonchev–Trinajstić information content (AvgIpc) is 2.93. The normalized spacial score (nSPS) is 20.8. The molecule has 2 heterocycles. The van der Waals surface area contributed by atoms with Crippen LogP contribution in [-0.2, 0) is 34.9 Å². The molecule has 36 heavy (non-hydrogen) atoms. The highest BCUT2D eigenvalue weighted by molar-refractivity contribution is 6.74. The van der Waals surface area contributed by atoms with E-state index in [2.05, 4.69) is 33.9 Å². The van der Waals surface area contributed by atoms with Crippen molar-refractivity contribution in [3.63, 3.8) is 0 Å². The fourth-order valence-corrected chi connectivity index (χ4v) is 5.64. The van der Waals surface area contributed by atoms with Gasteiger partial charge in [0, 0.05) is 13.3 Å². The van der Waals surface area contributed by atoms with E-state index in [9.17, 15) is 14.4 Å². The Labute approximate surface area is 214 Å². The first-order chi connectivity index (χ1) is 16.7. The van der Waals surface area contributed by atoms with Crippen molar-refractivity contribution in [3.05, 3.63) is 53.4 Å². The van der Waals surface area contributed by atoms with Gasteiger partial charge in [-0.15, -0.1) is 0 Å². The smallest absolute Gasteiger partial charge is 0.355 e. The van der Waals surface area contributed by atoms with Gasteiger partial charge in [-0.1, -0.05) is 32.9 Å². The molecule has 0 unspecified atom stereocenters. The summed E-state index contributed by atoms with van der Waals surface area (Å²) < 4.78 is 22.6. The summed E-state index contributed by atoms with van der Waals surface area (Å²) in [7, 11) is -0.556. The highest BCUT2D eigenvalue weighted by Crippen LogP contribution is 2.43. The fraction of sp³-hybridized carbons (Fsp3) is 0.519. The SMILES string of the molecule is COc1ccc(COC(=O)C2=CC=C(OC(C)=O)C[C@@H]3[C@@H]([C@@H](C)O[Si](C)(C)C(C)(C)C)C(=O)N23)cc1. The zero-order chi connectivity index (χ0) is 26.8. The maximum Gasteiger partial charge on any atom is 0.355 e. The maximum absolute atomic E-state index is 13.4. The lowest BCUT2D eigenvalue weighted by Gasteiger charge is -2.51. The molecular formula is C27H37NO7Si. The van der Waals surface area contributed by atoms with E-state index in [1.54, 1.807) is 37.5 Å². The van der Waals surface area contributed by atoms with Gasteiger partial charge in [0.05, 0.1) is 25.2 Å². The third-order valence-corrected chi connectivity index (χ3v) is 11.7. The Morgan fingerprint density at radius 3 is 2.33 bits per heavy atom. The summed E-state index contributed by atoms with van der Waals surface area (Å²) in [6.07, 6.45) is 3.00. The molecule has 1 saturated heterocycles. The number of carbonyl (C=O) groups is 3. The fourth-order valence-electron chi connectivity index (χ4n) is 4.21. The van der Waals surface area contributed by atoms with Gasteiger partial charge in [0.2, 0.25) is 5.91 Å². The maximum atomic E-state index is 13.4. The van der Waals surface area contributed by atoms with Crippen LogP contribution in [0, 0.1) is 5.92 Å². The predicted molar refractivity (Wildman–Crippen MR) is 137 cm³/mol. The highest BCUT2D eigenvalue weighted by atomic mass is 28.4. The molecule has 8 nitrogen and oxygen atoms in total. The van der Waals surface area contributed by atoms with Crippen LogP contribution >= 0.6 is 0 Å². The van der Waals surface area contributed by atoms with Gasteiger partial charge in [0.15, 0.2) is 8.32 Å². The Balaban J connectivity index is 1.80. The van der Waals surface area contributed by atoms with Gasteiger partial charge in [-0.05, 0) is 54.9 Å². The molecule has 1 amide bonds. The van der Waals surface area contributed by atoms with E-state index in [-0.39, 0.29) is 35.4 Å². The molecule has 1 fully saturated rings. The number of carbonyl (C=O) groups excluding carboxylic acids is 3. The van der Waals surface area contributed by atoms with Crippen LogP contribution in [0.4, 0.5) is 0 Å². The number of esters is 2. The summed E-state index contributed by atoms with van der Waals surface area (Å²) in [5, 5.41) is -0.0175. The first-order valence-electron chi connectivity index (χ1n) is 12.2. The molecule has 0 aromatic heterocycles. The van der Waals surface area contributed by atoms with Crippen LogP contribution in [0.25, 0.3) is 0 Å². The van der Waals surface area contributed by atoms with Crippen molar-refractivity contribution in [1.29, 1.82) is 0 Å². The minimum absolute atomic E-state index is 0.0175. The molecule has 9 heteroatoms. The first kappa shape index (κ1) is 27.7. The Morgan fingerprint density at radius 1 is 1.14 bits per heavy atom. The van der Waals surface area contributed by atoms with E-state index in [0.717, 1.165) is 5.56 Å².